The lowest BCUT2D eigenvalue weighted by Gasteiger charge is -2.54. The summed E-state index contributed by atoms with van der Waals surface area (Å²) in [5, 5.41) is 23.6. The number of benzene rings is 2. The fourth-order valence-corrected chi connectivity index (χ4v) is 5.45. The van der Waals surface area contributed by atoms with Gasteiger partial charge in [0.05, 0.1) is 12.6 Å². The molecule has 3 N–H and O–H groups in total. The number of carbonyl (C=O) groups excluding carboxylic acids is 3. The largest absolute Gasteiger partial charge is 0.508 e. The smallest absolute Gasteiger partial charge is 0.406 e. The number of fused-ring (bicyclic) bond motifs is 1. The molecule has 0 saturated carbocycles. The van der Waals surface area contributed by atoms with Crippen LogP contribution in [0.3, 0.4) is 0 Å². The van der Waals surface area contributed by atoms with Gasteiger partial charge in [0.15, 0.2) is 6.10 Å². The van der Waals surface area contributed by atoms with Gasteiger partial charge in [-0.2, -0.15) is 13.2 Å². The van der Waals surface area contributed by atoms with Crippen LogP contribution in [-0.2, 0) is 16.0 Å². The first-order chi connectivity index (χ1) is 18.9. The first kappa shape index (κ1) is 30.2. The lowest BCUT2D eigenvalue weighted by atomic mass is 9.78. The maximum absolute atomic E-state index is 15.1. The number of phenols is 1. The molecule has 2 aliphatic rings. The van der Waals surface area contributed by atoms with Gasteiger partial charge in [0.1, 0.15) is 29.7 Å². The second kappa shape index (κ2) is 10.2. The standard InChI is InChI=1S/C27H27F6N3O5/c1-13-7-17(14(2)19(37)8-13)22(39)34-18(10-15-5-4-6-16(28)9-15)20(38)23(40)35-11-26(29,30)25(3)21(35)24(41)36(25)12-27(31,32)33/h4-9,18,20-21,37-38H,10-12H2,1-3H3,(H,34,39)/t18-,20-,21+,25?/m0/s1. The number of amides is 3. The van der Waals surface area contributed by atoms with Crippen molar-refractivity contribution in [2.24, 2.45) is 0 Å². The van der Waals surface area contributed by atoms with Gasteiger partial charge in [-0.05, 0) is 62.6 Å². The highest BCUT2D eigenvalue weighted by molar-refractivity contribution is 5.99. The molecule has 8 nitrogen and oxygen atoms in total. The summed E-state index contributed by atoms with van der Waals surface area (Å²) in [7, 11) is 0. The fourth-order valence-electron chi connectivity index (χ4n) is 5.45. The van der Waals surface area contributed by atoms with Crippen LogP contribution in [0, 0.1) is 19.7 Å². The molecule has 0 aromatic heterocycles. The van der Waals surface area contributed by atoms with Crippen molar-refractivity contribution in [3.05, 3.63) is 64.5 Å². The molecular weight excluding hydrogens is 560 g/mol. The minimum absolute atomic E-state index is 0.0244. The van der Waals surface area contributed by atoms with Crippen molar-refractivity contribution in [1.82, 2.24) is 15.1 Å². The Bertz CT molecular complexity index is 1400. The second-order valence-electron chi connectivity index (χ2n) is 10.6. The van der Waals surface area contributed by atoms with Gasteiger partial charge in [-0.25, -0.2) is 13.2 Å². The second-order valence-corrected chi connectivity index (χ2v) is 10.6. The number of likely N-dealkylation sites (tertiary alicyclic amines) is 2. The van der Waals surface area contributed by atoms with Gasteiger partial charge in [0.25, 0.3) is 17.7 Å². The number of rotatable bonds is 7. The third kappa shape index (κ3) is 5.32. The van der Waals surface area contributed by atoms with E-state index in [1.165, 1.54) is 31.2 Å². The summed E-state index contributed by atoms with van der Waals surface area (Å²) in [6.45, 7) is 0.384. The van der Waals surface area contributed by atoms with Crippen molar-refractivity contribution < 1.29 is 50.9 Å². The molecule has 2 aromatic rings. The predicted octanol–water partition coefficient (Wildman–Crippen LogP) is 2.86. The number of carbonyl (C=O) groups is 3. The van der Waals surface area contributed by atoms with E-state index >= 15 is 8.78 Å². The normalized spacial score (nSPS) is 23.1. The van der Waals surface area contributed by atoms with Crippen molar-refractivity contribution in [1.29, 1.82) is 0 Å². The molecule has 4 atom stereocenters. The van der Waals surface area contributed by atoms with Gasteiger partial charge in [0, 0.05) is 11.1 Å². The minimum atomic E-state index is -4.97. The van der Waals surface area contributed by atoms with Gasteiger partial charge in [-0.1, -0.05) is 12.1 Å². The van der Waals surface area contributed by atoms with Gasteiger partial charge in [0.2, 0.25) is 5.91 Å². The Labute approximate surface area is 230 Å². The first-order valence-corrected chi connectivity index (χ1v) is 12.5. The molecular formula is C27H27F6N3O5. The van der Waals surface area contributed by atoms with Crippen molar-refractivity contribution in [3.63, 3.8) is 0 Å². The van der Waals surface area contributed by atoms with Gasteiger partial charge >= 0.3 is 6.18 Å². The summed E-state index contributed by atoms with van der Waals surface area (Å²) in [6.07, 6.45) is -7.60. The zero-order chi connectivity index (χ0) is 30.7. The summed E-state index contributed by atoms with van der Waals surface area (Å²) < 4.78 is 83.0. The number of aliphatic hydroxyl groups is 1. The van der Waals surface area contributed by atoms with Gasteiger partial charge in [-0.15, -0.1) is 0 Å². The number of halogens is 6. The Morgan fingerprint density at radius 3 is 2.44 bits per heavy atom. The van der Waals surface area contributed by atoms with Gasteiger partial charge in [-0.3, -0.25) is 14.4 Å². The van der Waals surface area contributed by atoms with Crippen molar-refractivity contribution in [2.45, 2.75) is 63.0 Å². The van der Waals surface area contributed by atoms with Crippen molar-refractivity contribution in [3.8, 4) is 5.75 Å². The van der Waals surface area contributed by atoms with E-state index in [1.54, 1.807) is 6.92 Å². The average Bonchev–Trinajstić information content (AvgIpc) is 3.06. The van der Waals surface area contributed by atoms with Gasteiger partial charge < -0.3 is 25.3 Å². The number of β-lactam (4-membered cyclic amide) rings is 1. The van der Waals surface area contributed by atoms with E-state index in [9.17, 15) is 42.2 Å². The average molecular weight is 588 g/mol. The lowest BCUT2D eigenvalue weighted by Crippen LogP contribution is -2.79. The Kier molecular flexibility index (Phi) is 7.52. The molecule has 14 heteroatoms. The molecule has 0 spiro atoms. The third-order valence-corrected chi connectivity index (χ3v) is 7.70. The molecule has 2 aliphatic heterocycles. The van der Waals surface area contributed by atoms with E-state index in [-0.39, 0.29) is 33.8 Å². The van der Waals surface area contributed by atoms with E-state index in [1.807, 2.05) is 0 Å². The highest BCUT2D eigenvalue weighted by Gasteiger charge is 2.78. The van der Waals surface area contributed by atoms with E-state index in [2.05, 4.69) is 5.32 Å². The molecule has 0 bridgehead atoms. The summed E-state index contributed by atoms with van der Waals surface area (Å²) >= 11 is 0. The van der Waals surface area contributed by atoms with Crippen LogP contribution in [0.15, 0.2) is 36.4 Å². The van der Waals surface area contributed by atoms with Crippen LogP contribution in [-0.4, -0.2) is 86.6 Å². The quantitative estimate of drug-likeness (QED) is 0.341. The van der Waals surface area contributed by atoms with E-state index in [0.717, 1.165) is 19.1 Å². The van der Waals surface area contributed by atoms with Crippen LogP contribution in [0.2, 0.25) is 0 Å². The van der Waals surface area contributed by atoms with Crippen molar-refractivity contribution >= 4 is 17.7 Å². The topological polar surface area (TPSA) is 110 Å². The SMILES string of the molecule is Cc1cc(O)c(C)c(C(=O)N[C@@H](Cc2cccc(F)c2)[C@H](O)C(=O)N2CC(F)(F)C3(C)[C@H]2C(=O)N3CC(F)(F)F)c1. The van der Waals surface area contributed by atoms with Crippen molar-refractivity contribution in [2.75, 3.05) is 13.1 Å². The van der Waals surface area contributed by atoms with E-state index in [0.29, 0.717) is 10.5 Å². The zero-order valence-corrected chi connectivity index (χ0v) is 22.1. The Balaban J connectivity index is 1.64. The summed E-state index contributed by atoms with van der Waals surface area (Å²) in [5.74, 6) is -8.49. The number of aliphatic hydroxyl groups excluding tert-OH is 1. The zero-order valence-electron chi connectivity index (χ0n) is 22.1. The lowest BCUT2D eigenvalue weighted by molar-refractivity contribution is -0.220. The summed E-state index contributed by atoms with van der Waals surface area (Å²) in [5.41, 5.74) is -1.82. The van der Waals surface area contributed by atoms with Crippen LogP contribution >= 0.6 is 0 Å². The molecule has 222 valence electrons. The molecule has 0 radical (unpaired) electrons. The maximum Gasteiger partial charge on any atom is 0.406 e. The molecule has 41 heavy (non-hydrogen) atoms. The fraction of sp³-hybridized carbons (Fsp3) is 0.444. The monoisotopic (exact) mass is 587 g/mol. The van der Waals surface area contributed by atoms with Crippen LogP contribution in [0.5, 0.6) is 5.75 Å². The predicted molar refractivity (Wildman–Crippen MR) is 132 cm³/mol. The Morgan fingerprint density at radius 1 is 1.17 bits per heavy atom. The molecule has 4 rings (SSSR count). The molecule has 3 amide bonds. The van der Waals surface area contributed by atoms with Crippen LogP contribution in [0.4, 0.5) is 26.3 Å². The number of nitrogens with one attached hydrogen (secondary N) is 1. The number of hydrogen-bond donors (Lipinski definition) is 3. The highest BCUT2D eigenvalue weighted by Crippen LogP contribution is 2.53. The number of alkyl halides is 5. The number of aromatic hydroxyl groups is 1. The summed E-state index contributed by atoms with van der Waals surface area (Å²) in [4.78, 5) is 39.4. The number of nitrogens with zero attached hydrogens (tertiary/aromatic N) is 2. The van der Waals surface area contributed by atoms with Crippen LogP contribution < -0.4 is 5.32 Å². The molecule has 2 saturated heterocycles. The van der Waals surface area contributed by atoms with Crippen LogP contribution in [0.25, 0.3) is 0 Å². The maximum atomic E-state index is 15.1. The molecule has 2 aromatic carbocycles. The number of hydrogen-bond acceptors (Lipinski definition) is 5. The minimum Gasteiger partial charge on any atom is -0.508 e. The third-order valence-electron chi connectivity index (χ3n) is 7.70. The Morgan fingerprint density at radius 2 is 1.83 bits per heavy atom. The molecule has 2 heterocycles. The number of aryl methyl sites for hydroxylation is 1. The molecule has 1 unspecified atom stereocenters. The van der Waals surface area contributed by atoms with E-state index in [4.69, 9.17) is 0 Å². The highest BCUT2D eigenvalue weighted by atomic mass is 19.4. The summed E-state index contributed by atoms with van der Waals surface area (Å²) in [6, 6.07) is 4.22. The van der Waals surface area contributed by atoms with E-state index < -0.39 is 72.5 Å². The molecule has 0 aliphatic carbocycles. The van der Waals surface area contributed by atoms with Crippen LogP contribution in [0.1, 0.15) is 34.0 Å². The number of phenolic OH excluding ortho intramolecular Hbond substituents is 1. The Hall–Kier alpha value is -3.81. The molecule has 2 fully saturated rings. The first-order valence-electron chi connectivity index (χ1n) is 12.5.